The van der Waals surface area contributed by atoms with Crippen LogP contribution in [0.15, 0.2) is 53.5 Å². The van der Waals surface area contributed by atoms with E-state index in [1.807, 2.05) is 42.6 Å². The van der Waals surface area contributed by atoms with Gasteiger partial charge in [0.2, 0.25) is 0 Å². The molecule has 0 spiro atoms. The van der Waals surface area contributed by atoms with Crippen LogP contribution in [-0.4, -0.2) is 34.9 Å². The lowest BCUT2D eigenvalue weighted by Crippen LogP contribution is -2.34. The van der Waals surface area contributed by atoms with E-state index in [0.29, 0.717) is 18.3 Å². The lowest BCUT2D eigenvalue weighted by atomic mass is 10.00. The molecule has 1 fully saturated rings. The highest BCUT2D eigenvalue weighted by atomic mass is 19.4. The molecule has 2 heterocycles. The first kappa shape index (κ1) is 22.5. The van der Waals surface area contributed by atoms with Crippen molar-refractivity contribution in [3.05, 3.63) is 64.6 Å². The number of halogens is 3. The van der Waals surface area contributed by atoms with Crippen molar-refractivity contribution in [3.8, 4) is 5.75 Å². The summed E-state index contributed by atoms with van der Waals surface area (Å²) in [5.41, 5.74) is 1.11. The number of aromatic nitrogens is 1. The summed E-state index contributed by atoms with van der Waals surface area (Å²) < 4.78 is 39.2. The topological polar surface area (TPSA) is 80.6 Å². The van der Waals surface area contributed by atoms with E-state index in [0.717, 1.165) is 25.2 Å². The van der Waals surface area contributed by atoms with Crippen molar-refractivity contribution in [2.24, 2.45) is 5.92 Å². The van der Waals surface area contributed by atoms with E-state index in [4.69, 9.17) is 14.6 Å². The van der Waals surface area contributed by atoms with Crippen LogP contribution in [0.2, 0.25) is 0 Å². The predicted molar refractivity (Wildman–Crippen MR) is 101 cm³/mol. The van der Waals surface area contributed by atoms with Crippen LogP contribution in [0.1, 0.15) is 18.4 Å². The van der Waals surface area contributed by atoms with Crippen LogP contribution in [-0.2, 0) is 17.9 Å². The van der Waals surface area contributed by atoms with Gasteiger partial charge in [0, 0.05) is 18.8 Å². The third-order valence-corrected chi connectivity index (χ3v) is 4.31. The molecule has 1 atom stereocenters. The van der Waals surface area contributed by atoms with Gasteiger partial charge in [0.1, 0.15) is 12.4 Å². The van der Waals surface area contributed by atoms with E-state index >= 15 is 0 Å². The maximum absolute atomic E-state index is 12.2. The molecule has 2 aromatic rings. The lowest BCUT2D eigenvalue weighted by molar-refractivity contribution is -0.192. The Labute approximate surface area is 165 Å². The van der Waals surface area contributed by atoms with Crippen LogP contribution in [0, 0.1) is 5.92 Å². The summed E-state index contributed by atoms with van der Waals surface area (Å²) in [5.74, 6) is -1.58. The van der Waals surface area contributed by atoms with E-state index in [1.54, 1.807) is 10.6 Å². The van der Waals surface area contributed by atoms with E-state index in [2.05, 4.69) is 5.32 Å². The number of carboxylic acid groups (broad SMARTS) is 1. The fraction of sp³-hybridized carbons (Fsp3) is 0.400. The average molecular weight is 412 g/mol. The van der Waals surface area contributed by atoms with Crippen molar-refractivity contribution >= 4 is 5.97 Å². The quantitative estimate of drug-likeness (QED) is 0.789. The standard InChI is InChI=1S/C18H22N2O2.C2HF3O2/c21-18-11-17(22-14-15-5-2-1-3-6-15)8-10-20(18)13-16-7-4-9-19-12-16;3-2(4,5)1(6)7/h1-3,5-6,8,10-11,16,19H,4,7,9,12-14H2;(H,6,7). The number of carbonyl (C=O) groups is 1. The van der Waals surface area contributed by atoms with Gasteiger partial charge < -0.3 is 19.7 Å². The number of hydrogen-bond donors (Lipinski definition) is 2. The SMILES string of the molecule is O=C(O)C(F)(F)F.O=c1cc(OCc2ccccc2)ccn1CC1CCCNC1. The van der Waals surface area contributed by atoms with Gasteiger partial charge in [-0.15, -0.1) is 0 Å². The summed E-state index contributed by atoms with van der Waals surface area (Å²) in [6, 6.07) is 13.4. The van der Waals surface area contributed by atoms with E-state index in [9.17, 15) is 18.0 Å². The molecule has 0 radical (unpaired) electrons. The first-order chi connectivity index (χ1) is 13.8. The second-order valence-corrected chi connectivity index (χ2v) is 6.64. The third kappa shape index (κ3) is 7.98. The minimum atomic E-state index is -5.08. The molecule has 3 rings (SSSR count). The number of piperidine rings is 1. The molecule has 0 saturated carbocycles. The number of nitrogens with zero attached hydrogens (tertiary/aromatic N) is 1. The molecular weight excluding hydrogens is 389 g/mol. The molecule has 1 aromatic heterocycles. The van der Waals surface area contributed by atoms with Crippen molar-refractivity contribution in [2.75, 3.05) is 13.1 Å². The summed E-state index contributed by atoms with van der Waals surface area (Å²) in [5, 5.41) is 10.5. The van der Waals surface area contributed by atoms with Crippen LogP contribution in [0.4, 0.5) is 13.2 Å². The van der Waals surface area contributed by atoms with Gasteiger partial charge in [-0.3, -0.25) is 4.79 Å². The Morgan fingerprint density at radius 1 is 1.24 bits per heavy atom. The Bertz CT molecular complexity index is 832. The number of pyridine rings is 1. The minimum absolute atomic E-state index is 0.0103. The molecule has 1 aromatic carbocycles. The van der Waals surface area contributed by atoms with Crippen LogP contribution in [0.5, 0.6) is 5.75 Å². The molecule has 1 aliphatic rings. The number of nitrogens with one attached hydrogen (secondary N) is 1. The molecule has 29 heavy (non-hydrogen) atoms. The van der Waals surface area contributed by atoms with Gasteiger partial charge in [-0.2, -0.15) is 13.2 Å². The lowest BCUT2D eigenvalue weighted by Gasteiger charge is -2.23. The molecule has 1 aliphatic heterocycles. The molecule has 0 bridgehead atoms. The van der Waals surface area contributed by atoms with Crippen LogP contribution in [0.3, 0.4) is 0 Å². The van der Waals surface area contributed by atoms with Crippen molar-refractivity contribution < 1.29 is 27.8 Å². The minimum Gasteiger partial charge on any atom is -0.489 e. The zero-order chi connectivity index (χ0) is 21.3. The van der Waals surface area contributed by atoms with Gasteiger partial charge in [-0.1, -0.05) is 30.3 Å². The molecular formula is C20H23F3N2O4. The molecule has 1 unspecified atom stereocenters. The summed E-state index contributed by atoms with van der Waals surface area (Å²) in [7, 11) is 0. The fourth-order valence-electron chi connectivity index (χ4n) is 2.83. The zero-order valence-electron chi connectivity index (χ0n) is 15.7. The summed E-state index contributed by atoms with van der Waals surface area (Å²) in [6.07, 6.45) is -0.860. The highest BCUT2D eigenvalue weighted by Gasteiger charge is 2.38. The maximum atomic E-state index is 12.2. The summed E-state index contributed by atoms with van der Waals surface area (Å²) >= 11 is 0. The normalized spacial score (nSPS) is 16.4. The monoisotopic (exact) mass is 412 g/mol. The Morgan fingerprint density at radius 3 is 2.48 bits per heavy atom. The van der Waals surface area contributed by atoms with Gasteiger partial charge in [-0.05, 0) is 43.5 Å². The van der Waals surface area contributed by atoms with E-state index in [-0.39, 0.29) is 5.56 Å². The first-order valence-electron chi connectivity index (χ1n) is 9.14. The number of rotatable bonds is 5. The molecule has 158 valence electrons. The second-order valence-electron chi connectivity index (χ2n) is 6.64. The van der Waals surface area contributed by atoms with Crippen molar-refractivity contribution in [1.82, 2.24) is 9.88 Å². The zero-order valence-corrected chi connectivity index (χ0v) is 15.7. The van der Waals surface area contributed by atoms with Crippen molar-refractivity contribution in [3.63, 3.8) is 0 Å². The van der Waals surface area contributed by atoms with Gasteiger partial charge in [-0.25, -0.2) is 4.79 Å². The number of hydrogen-bond acceptors (Lipinski definition) is 4. The Morgan fingerprint density at radius 2 is 1.93 bits per heavy atom. The number of ether oxygens (including phenoxy) is 1. The second kappa shape index (κ2) is 10.7. The molecule has 6 nitrogen and oxygen atoms in total. The summed E-state index contributed by atoms with van der Waals surface area (Å²) in [6.45, 7) is 3.36. The molecule has 9 heteroatoms. The smallest absolute Gasteiger partial charge is 0.489 e. The van der Waals surface area contributed by atoms with Gasteiger partial charge in [0.25, 0.3) is 5.56 Å². The highest BCUT2D eigenvalue weighted by Crippen LogP contribution is 2.14. The van der Waals surface area contributed by atoms with E-state index < -0.39 is 12.1 Å². The molecule has 0 aliphatic carbocycles. The fourth-order valence-corrected chi connectivity index (χ4v) is 2.83. The maximum Gasteiger partial charge on any atom is 0.490 e. The molecule has 1 saturated heterocycles. The Kier molecular flexibility index (Phi) is 8.26. The summed E-state index contributed by atoms with van der Waals surface area (Å²) in [4.78, 5) is 21.1. The van der Waals surface area contributed by atoms with Crippen LogP contribution in [0.25, 0.3) is 0 Å². The predicted octanol–water partition coefficient (Wildman–Crippen LogP) is 3.06. The van der Waals surface area contributed by atoms with Gasteiger partial charge >= 0.3 is 12.1 Å². The Balaban J connectivity index is 0.000000370. The average Bonchev–Trinajstić information content (AvgIpc) is 2.70. The number of alkyl halides is 3. The highest BCUT2D eigenvalue weighted by molar-refractivity contribution is 5.73. The van der Waals surface area contributed by atoms with Crippen LogP contribution < -0.4 is 15.6 Å². The van der Waals surface area contributed by atoms with E-state index in [1.165, 1.54) is 12.8 Å². The molecule has 2 N–H and O–H groups in total. The number of aliphatic carboxylic acids is 1. The number of carboxylic acids is 1. The molecule has 0 amide bonds. The Hall–Kier alpha value is -2.81. The van der Waals surface area contributed by atoms with Gasteiger partial charge in [0.15, 0.2) is 0 Å². The van der Waals surface area contributed by atoms with Crippen molar-refractivity contribution in [1.29, 1.82) is 0 Å². The third-order valence-electron chi connectivity index (χ3n) is 4.31. The van der Waals surface area contributed by atoms with Crippen LogP contribution >= 0.6 is 0 Å². The van der Waals surface area contributed by atoms with Gasteiger partial charge in [0.05, 0.1) is 0 Å². The van der Waals surface area contributed by atoms with Crippen molar-refractivity contribution in [2.45, 2.75) is 32.2 Å². The largest absolute Gasteiger partial charge is 0.490 e. The first-order valence-corrected chi connectivity index (χ1v) is 9.14. The number of benzene rings is 1.